The minimum Gasteiger partial charge on any atom is -0.352 e. The Hall–Kier alpha value is -1.85. The average molecular weight is 461 g/mol. The number of amides is 1. The number of nitrogens with zero attached hydrogens (tertiary/aromatic N) is 1. The van der Waals surface area contributed by atoms with Crippen molar-refractivity contribution >= 4 is 61.4 Å². The van der Waals surface area contributed by atoms with Gasteiger partial charge < -0.3 is 5.32 Å². The van der Waals surface area contributed by atoms with E-state index in [0.29, 0.717) is 5.69 Å². The van der Waals surface area contributed by atoms with Crippen LogP contribution in [0.5, 0.6) is 0 Å². The summed E-state index contributed by atoms with van der Waals surface area (Å²) in [6.07, 6.45) is 0. The van der Waals surface area contributed by atoms with Crippen LogP contribution >= 0.6 is 33.9 Å². The number of anilines is 2. The predicted octanol–water partition coefficient (Wildman–Crippen LogP) is 4.35. The van der Waals surface area contributed by atoms with Gasteiger partial charge in [0.2, 0.25) is 0 Å². The quantitative estimate of drug-likeness (QED) is 0.308. The van der Waals surface area contributed by atoms with Gasteiger partial charge in [0.25, 0.3) is 5.91 Å². The summed E-state index contributed by atoms with van der Waals surface area (Å²) in [7, 11) is 0. The summed E-state index contributed by atoms with van der Waals surface area (Å²) >= 11 is 3.01. The highest BCUT2D eigenvalue weighted by Crippen LogP contribution is 2.36. The average Bonchev–Trinajstić information content (AvgIpc) is 3.03. The number of hydrogen-bond donors (Lipinski definition) is 3. The summed E-state index contributed by atoms with van der Waals surface area (Å²) in [5.41, 5.74) is 3.41. The highest BCUT2D eigenvalue weighted by atomic mass is 127. The zero-order valence-corrected chi connectivity index (χ0v) is 15.1. The van der Waals surface area contributed by atoms with Crippen molar-refractivity contribution in [2.75, 3.05) is 5.32 Å². The number of aromatic nitrogens is 1. The monoisotopic (exact) mass is 461 g/mol. The number of aryl methyl sites for hydroxylation is 1. The smallest absolute Gasteiger partial charge is 0.279 e. The van der Waals surface area contributed by atoms with Crippen LogP contribution in [0.2, 0.25) is 0 Å². The van der Waals surface area contributed by atoms with Crippen LogP contribution in [0.1, 0.15) is 15.9 Å². The summed E-state index contributed by atoms with van der Waals surface area (Å²) in [5, 5.41) is 11.7. The van der Waals surface area contributed by atoms with Crippen molar-refractivity contribution in [3.8, 4) is 0 Å². The molecule has 3 rings (SSSR count). The number of carbonyl (C=O) groups is 1. The first-order valence-electron chi connectivity index (χ1n) is 6.65. The van der Waals surface area contributed by atoms with Crippen molar-refractivity contribution < 1.29 is 18.8 Å². The van der Waals surface area contributed by atoms with Crippen LogP contribution in [0, 0.1) is 22.1 Å². The first-order chi connectivity index (χ1) is 11.4. The Morgan fingerprint density at radius 2 is 2.08 bits per heavy atom. The number of carbonyl (C=O) groups excluding carboxylic acids is 1. The molecule has 0 atom stereocenters. The van der Waals surface area contributed by atoms with Gasteiger partial charge in [0.15, 0.2) is 11.6 Å². The van der Waals surface area contributed by atoms with Crippen LogP contribution in [0.15, 0.2) is 23.7 Å². The normalized spacial score (nSPS) is 10.9. The number of nitrogens with one attached hydrogen (secondary N) is 2. The Balaban J connectivity index is 2.25. The van der Waals surface area contributed by atoms with Gasteiger partial charge in [-0.1, -0.05) is 0 Å². The van der Waals surface area contributed by atoms with Gasteiger partial charge in [0.05, 0.1) is 27.0 Å². The first-order valence-corrected chi connectivity index (χ1v) is 8.61. The molecule has 0 aliphatic rings. The molecule has 0 spiro atoms. The number of hydrogen-bond acceptors (Lipinski definition) is 5. The van der Waals surface area contributed by atoms with Crippen LogP contribution in [-0.2, 0) is 0 Å². The van der Waals surface area contributed by atoms with Gasteiger partial charge in [0.1, 0.15) is 0 Å². The Morgan fingerprint density at radius 3 is 2.75 bits per heavy atom. The lowest BCUT2D eigenvalue weighted by Crippen LogP contribution is -2.21. The molecule has 1 aromatic heterocycles. The van der Waals surface area contributed by atoms with Crippen LogP contribution in [0.25, 0.3) is 10.2 Å². The molecule has 3 aromatic rings. The maximum atomic E-state index is 14.5. The number of thiazole rings is 1. The minimum absolute atomic E-state index is 0.0175. The lowest BCUT2D eigenvalue weighted by molar-refractivity contribution is 0.0708. The van der Waals surface area contributed by atoms with Crippen molar-refractivity contribution in [1.82, 2.24) is 10.5 Å². The topological polar surface area (TPSA) is 74.2 Å². The summed E-state index contributed by atoms with van der Waals surface area (Å²) in [5.74, 6) is -3.27. The Labute approximate surface area is 152 Å². The minimum atomic E-state index is -1.21. The molecule has 9 heteroatoms. The van der Waals surface area contributed by atoms with E-state index >= 15 is 0 Å². The second kappa shape index (κ2) is 6.57. The van der Waals surface area contributed by atoms with Crippen molar-refractivity contribution in [2.24, 2.45) is 0 Å². The van der Waals surface area contributed by atoms with Gasteiger partial charge in [-0.05, 0) is 53.3 Å². The van der Waals surface area contributed by atoms with E-state index in [0.717, 1.165) is 20.5 Å². The molecule has 24 heavy (non-hydrogen) atoms. The standard InChI is InChI=1S/C15H10F2IN3O2S/c1-6-4-7(18)2-3-8(6)20-12-9(15(22)21-23)13-14(24-5-19-13)11(17)10(12)16/h2-5,20,23H,1H3,(H,21,22). The van der Waals surface area contributed by atoms with Crippen LogP contribution in [0.3, 0.4) is 0 Å². The third-order valence-electron chi connectivity index (χ3n) is 3.44. The highest BCUT2D eigenvalue weighted by Gasteiger charge is 2.26. The van der Waals surface area contributed by atoms with Crippen LogP contribution in [-0.4, -0.2) is 16.1 Å². The molecule has 0 bridgehead atoms. The molecule has 0 aliphatic carbocycles. The lowest BCUT2D eigenvalue weighted by atomic mass is 10.1. The van der Waals surface area contributed by atoms with E-state index in [4.69, 9.17) is 5.21 Å². The zero-order chi connectivity index (χ0) is 17.4. The van der Waals surface area contributed by atoms with Gasteiger partial charge in [-0.25, -0.2) is 19.2 Å². The molecule has 0 unspecified atom stereocenters. The Bertz CT molecular complexity index is 962. The molecule has 1 heterocycles. The second-order valence-electron chi connectivity index (χ2n) is 4.93. The van der Waals surface area contributed by atoms with Gasteiger partial charge in [-0.15, -0.1) is 11.3 Å². The van der Waals surface area contributed by atoms with Crippen LogP contribution < -0.4 is 10.8 Å². The van der Waals surface area contributed by atoms with E-state index in [2.05, 4.69) is 32.9 Å². The van der Waals surface area contributed by atoms with E-state index in [1.54, 1.807) is 19.1 Å². The molecule has 0 saturated carbocycles. The molecular formula is C15H10F2IN3O2S. The SMILES string of the molecule is Cc1cc(I)ccc1Nc1c(F)c(F)c2scnc2c1C(=O)NO. The molecule has 0 fully saturated rings. The largest absolute Gasteiger partial charge is 0.352 e. The summed E-state index contributed by atoms with van der Waals surface area (Å²) < 4.78 is 29.7. The van der Waals surface area contributed by atoms with Crippen molar-refractivity contribution in [2.45, 2.75) is 6.92 Å². The fourth-order valence-corrected chi connectivity index (χ4v) is 3.68. The molecule has 5 nitrogen and oxygen atoms in total. The Kier molecular flexibility index (Phi) is 4.65. The molecule has 124 valence electrons. The Morgan fingerprint density at radius 1 is 1.33 bits per heavy atom. The second-order valence-corrected chi connectivity index (χ2v) is 7.03. The number of hydroxylamine groups is 1. The van der Waals surface area contributed by atoms with E-state index in [1.807, 2.05) is 6.07 Å². The van der Waals surface area contributed by atoms with Crippen molar-refractivity contribution in [3.63, 3.8) is 0 Å². The van der Waals surface area contributed by atoms with Crippen LogP contribution in [0.4, 0.5) is 20.2 Å². The van der Waals surface area contributed by atoms with E-state index < -0.39 is 17.5 Å². The first kappa shape index (κ1) is 17.0. The number of fused-ring (bicyclic) bond motifs is 1. The maximum absolute atomic E-state index is 14.5. The highest BCUT2D eigenvalue weighted by molar-refractivity contribution is 14.1. The van der Waals surface area contributed by atoms with E-state index in [-0.39, 0.29) is 21.5 Å². The zero-order valence-electron chi connectivity index (χ0n) is 12.2. The van der Waals surface area contributed by atoms with Crippen molar-refractivity contribution in [1.29, 1.82) is 0 Å². The van der Waals surface area contributed by atoms with E-state index in [1.165, 1.54) is 11.0 Å². The third kappa shape index (κ3) is 2.82. The fraction of sp³-hybridized carbons (Fsp3) is 0.0667. The van der Waals surface area contributed by atoms with Crippen molar-refractivity contribution in [3.05, 3.63) is 50.0 Å². The summed E-state index contributed by atoms with van der Waals surface area (Å²) in [6, 6.07) is 5.34. The van der Waals surface area contributed by atoms with Gasteiger partial charge >= 0.3 is 0 Å². The molecule has 3 N–H and O–H groups in total. The van der Waals surface area contributed by atoms with E-state index in [9.17, 15) is 13.6 Å². The summed E-state index contributed by atoms with van der Waals surface area (Å²) in [6.45, 7) is 1.80. The maximum Gasteiger partial charge on any atom is 0.279 e. The molecule has 2 aromatic carbocycles. The number of rotatable bonds is 3. The molecule has 0 radical (unpaired) electrons. The third-order valence-corrected chi connectivity index (χ3v) is 4.93. The number of benzene rings is 2. The fourth-order valence-electron chi connectivity index (χ4n) is 2.31. The van der Waals surface area contributed by atoms with Gasteiger partial charge in [-0.2, -0.15) is 0 Å². The van der Waals surface area contributed by atoms with Gasteiger partial charge in [0, 0.05) is 9.26 Å². The predicted molar refractivity (Wildman–Crippen MR) is 96.0 cm³/mol. The molecule has 0 aliphatic heterocycles. The lowest BCUT2D eigenvalue weighted by Gasteiger charge is -2.15. The van der Waals surface area contributed by atoms with Gasteiger partial charge in [-0.3, -0.25) is 10.0 Å². The molecule has 1 amide bonds. The summed E-state index contributed by atoms with van der Waals surface area (Å²) in [4.78, 5) is 15.9. The molecule has 0 saturated heterocycles. The molecular weight excluding hydrogens is 451 g/mol. The number of halogens is 3.